The van der Waals surface area contributed by atoms with E-state index in [0.29, 0.717) is 0 Å². The zero-order chi connectivity index (χ0) is 13.9. The third-order valence-electron chi connectivity index (χ3n) is 3.86. The summed E-state index contributed by atoms with van der Waals surface area (Å²) < 4.78 is 4.88. The van der Waals surface area contributed by atoms with Gasteiger partial charge in [-0.05, 0) is 36.5 Å². The van der Waals surface area contributed by atoms with Crippen molar-refractivity contribution in [2.45, 2.75) is 25.2 Å². The van der Waals surface area contributed by atoms with Crippen molar-refractivity contribution in [2.75, 3.05) is 7.11 Å². The van der Waals surface area contributed by atoms with Gasteiger partial charge in [0.2, 0.25) is 0 Å². The summed E-state index contributed by atoms with van der Waals surface area (Å²) in [5, 5.41) is 0. The van der Waals surface area contributed by atoms with Gasteiger partial charge < -0.3 is 4.74 Å². The Morgan fingerprint density at radius 2 is 2.05 bits per heavy atom. The minimum absolute atomic E-state index is 0.175. The fourth-order valence-electron chi connectivity index (χ4n) is 2.83. The number of hydrogen-bond donors (Lipinski definition) is 0. The van der Waals surface area contributed by atoms with Gasteiger partial charge in [0.25, 0.3) is 0 Å². The second-order valence-electron chi connectivity index (χ2n) is 5.10. The molecule has 3 heteroatoms. The standard InChI is InChI=1S/C17H17NO2/c1-20-17(19)15-9-5-8-13-10-14(11-18-16(13)15)12-6-3-2-4-7-12/h2-4,6-7,10-11,15H,5,8-9H2,1H3. The van der Waals surface area contributed by atoms with Gasteiger partial charge in [0.05, 0.1) is 18.7 Å². The van der Waals surface area contributed by atoms with Crippen LogP contribution >= 0.6 is 0 Å². The summed E-state index contributed by atoms with van der Waals surface area (Å²) in [6.07, 6.45) is 4.68. The number of hydrogen-bond acceptors (Lipinski definition) is 3. The summed E-state index contributed by atoms with van der Waals surface area (Å²) in [4.78, 5) is 16.4. The maximum absolute atomic E-state index is 11.8. The molecular formula is C17H17NO2. The average Bonchev–Trinajstić information content (AvgIpc) is 2.54. The molecular weight excluding hydrogens is 250 g/mol. The summed E-state index contributed by atoms with van der Waals surface area (Å²) in [6, 6.07) is 12.3. The zero-order valence-electron chi connectivity index (χ0n) is 11.5. The predicted molar refractivity (Wildman–Crippen MR) is 77.4 cm³/mol. The lowest BCUT2D eigenvalue weighted by Crippen LogP contribution is -2.21. The predicted octanol–water partition coefficient (Wildman–Crippen LogP) is 3.34. The van der Waals surface area contributed by atoms with Gasteiger partial charge in [0, 0.05) is 11.8 Å². The summed E-state index contributed by atoms with van der Waals surface area (Å²) in [5.74, 6) is -0.375. The minimum Gasteiger partial charge on any atom is -0.469 e. The van der Waals surface area contributed by atoms with Gasteiger partial charge >= 0.3 is 5.97 Å². The van der Waals surface area contributed by atoms with Gasteiger partial charge in [-0.3, -0.25) is 9.78 Å². The van der Waals surface area contributed by atoms with Crippen molar-refractivity contribution in [1.82, 2.24) is 4.98 Å². The van der Waals surface area contributed by atoms with E-state index in [1.54, 1.807) is 0 Å². The van der Waals surface area contributed by atoms with E-state index in [1.807, 2.05) is 24.4 Å². The van der Waals surface area contributed by atoms with E-state index in [4.69, 9.17) is 4.74 Å². The van der Waals surface area contributed by atoms with Crippen LogP contribution in [0.25, 0.3) is 11.1 Å². The van der Waals surface area contributed by atoms with Gasteiger partial charge in [-0.25, -0.2) is 0 Å². The van der Waals surface area contributed by atoms with Crippen LogP contribution in [0.3, 0.4) is 0 Å². The summed E-state index contributed by atoms with van der Waals surface area (Å²) in [7, 11) is 1.44. The number of carbonyl (C=O) groups is 1. The maximum Gasteiger partial charge on any atom is 0.314 e. The van der Waals surface area contributed by atoms with Crippen LogP contribution in [0.15, 0.2) is 42.6 Å². The second-order valence-corrected chi connectivity index (χ2v) is 5.10. The molecule has 3 rings (SSSR count). The Hall–Kier alpha value is -2.16. The van der Waals surface area contributed by atoms with Crippen molar-refractivity contribution in [3.8, 4) is 11.1 Å². The first-order chi connectivity index (χ1) is 9.79. The first kappa shape index (κ1) is 12.9. The van der Waals surface area contributed by atoms with Gasteiger partial charge in [-0.2, -0.15) is 0 Å². The number of pyridine rings is 1. The Kier molecular flexibility index (Phi) is 3.50. The van der Waals surface area contributed by atoms with Crippen LogP contribution in [-0.4, -0.2) is 18.1 Å². The first-order valence-corrected chi connectivity index (χ1v) is 6.91. The van der Waals surface area contributed by atoms with E-state index in [-0.39, 0.29) is 11.9 Å². The van der Waals surface area contributed by atoms with E-state index in [9.17, 15) is 4.79 Å². The number of methoxy groups -OCH3 is 1. The molecule has 1 aromatic carbocycles. The topological polar surface area (TPSA) is 39.2 Å². The monoisotopic (exact) mass is 267 g/mol. The van der Waals surface area contributed by atoms with E-state index in [2.05, 4.69) is 23.2 Å². The van der Waals surface area contributed by atoms with Crippen molar-refractivity contribution in [2.24, 2.45) is 0 Å². The van der Waals surface area contributed by atoms with Gasteiger partial charge in [0.15, 0.2) is 0 Å². The van der Waals surface area contributed by atoms with Crippen LogP contribution in [0.1, 0.15) is 30.0 Å². The summed E-state index contributed by atoms with van der Waals surface area (Å²) in [6.45, 7) is 0. The van der Waals surface area contributed by atoms with Gasteiger partial charge in [0.1, 0.15) is 0 Å². The number of esters is 1. The highest BCUT2D eigenvalue weighted by Crippen LogP contribution is 2.33. The lowest BCUT2D eigenvalue weighted by Gasteiger charge is -2.22. The Bertz CT molecular complexity index is 622. The van der Waals surface area contributed by atoms with Gasteiger partial charge in [-0.1, -0.05) is 30.3 Å². The number of benzene rings is 1. The lowest BCUT2D eigenvalue weighted by atomic mass is 9.85. The van der Waals surface area contributed by atoms with Gasteiger partial charge in [-0.15, -0.1) is 0 Å². The molecule has 102 valence electrons. The molecule has 3 nitrogen and oxygen atoms in total. The van der Waals surface area contributed by atoms with Crippen LogP contribution in [0.2, 0.25) is 0 Å². The third-order valence-corrected chi connectivity index (χ3v) is 3.86. The molecule has 0 radical (unpaired) electrons. The molecule has 0 bridgehead atoms. The number of rotatable bonds is 2. The molecule has 1 aliphatic rings. The fourth-order valence-corrected chi connectivity index (χ4v) is 2.83. The molecule has 2 aromatic rings. The van der Waals surface area contributed by atoms with Crippen LogP contribution in [-0.2, 0) is 16.0 Å². The largest absolute Gasteiger partial charge is 0.469 e. The minimum atomic E-state index is -0.200. The molecule has 0 N–H and O–H groups in total. The van der Waals surface area contributed by atoms with Crippen molar-refractivity contribution in [1.29, 1.82) is 0 Å². The summed E-state index contributed by atoms with van der Waals surface area (Å²) in [5.41, 5.74) is 4.33. The molecule has 0 saturated heterocycles. The quantitative estimate of drug-likeness (QED) is 0.783. The van der Waals surface area contributed by atoms with Crippen molar-refractivity contribution in [3.63, 3.8) is 0 Å². The van der Waals surface area contributed by atoms with Crippen molar-refractivity contribution < 1.29 is 9.53 Å². The van der Waals surface area contributed by atoms with Crippen LogP contribution in [0, 0.1) is 0 Å². The molecule has 1 unspecified atom stereocenters. The molecule has 0 spiro atoms. The Morgan fingerprint density at radius 1 is 1.25 bits per heavy atom. The third kappa shape index (κ3) is 2.31. The average molecular weight is 267 g/mol. The highest BCUT2D eigenvalue weighted by atomic mass is 16.5. The lowest BCUT2D eigenvalue weighted by molar-refractivity contribution is -0.142. The molecule has 1 aromatic heterocycles. The van der Waals surface area contributed by atoms with Crippen molar-refractivity contribution in [3.05, 3.63) is 53.9 Å². The molecule has 20 heavy (non-hydrogen) atoms. The first-order valence-electron chi connectivity index (χ1n) is 6.91. The Balaban J connectivity index is 1.99. The Labute approximate surface area is 118 Å². The number of nitrogens with zero attached hydrogens (tertiary/aromatic N) is 1. The molecule has 1 aliphatic carbocycles. The van der Waals surface area contributed by atoms with Crippen molar-refractivity contribution >= 4 is 5.97 Å². The molecule has 0 fully saturated rings. The highest BCUT2D eigenvalue weighted by molar-refractivity contribution is 5.78. The van der Waals surface area contributed by atoms with Crippen LogP contribution in [0.4, 0.5) is 0 Å². The second kappa shape index (κ2) is 5.45. The number of aryl methyl sites for hydroxylation is 1. The fraction of sp³-hybridized carbons (Fsp3) is 0.294. The number of fused-ring (bicyclic) bond motifs is 1. The van der Waals surface area contributed by atoms with E-state index in [1.165, 1.54) is 12.7 Å². The zero-order valence-corrected chi connectivity index (χ0v) is 11.5. The smallest absolute Gasteiger partial charge is 0.314 e. The number of carbonyl (C=O) groups excluding carboxylic acids is 1. The SMILES string of the molecule is COC(=O)C1CCCc2cc(-c3ccccc3)cnc21. The number of aromatic nitrogens is 1. The molecule has 0 aliphatic heterocycles. The summed E-state index contributed by atoms with van der Waals surface area (Å²) >= 11 is 0. The molecule has 0 saturated carbocycles. The maximum atomic E-state index is 11.8. The highest BCUT2D eigenvalue weighted by Gasteiger charge is 2.28. The normalized spacial score (nSPS) is 17.4. The van der Waals surface area contributed by atoms with Crippen LogP contribution in [0.5, 0.6) is 0 Å². The molecule has 1 atom stereocenters. The Morgan fingerprint density at radius 3 is 2.80 bits per heavy atom. The number of ether oxygens (including phenoxy) is 1. The van der Waals surface area contributed by atoms with E-state index < -0.39 is 0 Å². The van der Waals surface area contributed by atoms with E-state index in [0.717, 1.165) is 36.1 Å². The molecule has 1 heterocycles. The van der Waals surface area contributed by atoms with E-state index >= 15 is 0 Å². The van der Waals surface area contributed by atoms with Crippen LogP contribution < -0.4 is 0 Å². The molecule has 0 amide bonds.